The molecule has 2 N–H and O–H groups in total. The van der Waals surface area contributed by atoms with Crippen molar-refractivity contribution in [2.45, 2.75) is 292 Å². The summed E-state index contributed by atoms with van der Waals surface area (Å²) >= 11 is 2.27. The molecule has 11 aliphatic rings. The van der Waals surface area contributed by atoms with Crippen LogP contribution in [0, 0.1) is 44.4 Å². The SMILES string of the molecule is C1=NC(C2CCC3(CCCCC3)CC2)=CC1.C1CCOC1.Ic1cn(C(c2ccccc2)(c2ccccc2)c2ccccc2)cn1.O=C1CCC2(CCCCC2)CC1.OC1(C2=CCC=N2)CCC2(CCCCC2)CC1.OC1(c2cn(C(c3ccccc3)(c3ccccc3)c3ccccc3)cn2)CCC2(CCCCC2)CC1.[Br-].[Br-].[CH2-]C.[Mg+2].[Mg+2].[c-]1cn(C(c2ccccc2)(c2ccccc2)c2ccccc2)cn1. The summed E-state index contributed by atoms with van der Waals surface area (Å²) in [7, 11) is 0. The smallest absolute Gasteiger partial charge is 1.00 e. The van der Waals surface area contributed by atoms with E-state index in [0.29, 0.717) is 22.0 Å². The average Bonchev–Trinajstić information content (AvgIpc) is 1.60. The van der Waals surface area contributed by atoms with Gasteiger partial charge in [-0.3, -0.25) is 14.8 Å². The van der Waals surface area contributed by atoms with E-state index in [0.717, 1.165) is 104 Å². The van der Waals surface area contributed by atoms with Crippen LogP contribution in [-0.2, 0) is 31.7 Å². The maximum absolute atomic E-state index is 11.9. The number of aliphatic imine (C=N–C) groups is 2. The Morgan fingerprint density at radius 3 is 0.950 bits per heavy atom. The first-order valence-electron chi connectivity index (χ1n) is 52.2. The molecule has 3 aliphatic heterocycles. The van der Waals surface area contributed by atoms with Crippen LogP contribution in [0.5, 0.6) is 0 Å². The van der Waals surface area contributed by atoms with Gasteiger partial charge in [-0.2, -0.15) is 6.92 Å². The van der Waals surface area contributed by atoms with Gasteiger partial charge in [0.1, 0.15) is 37.3 Å². The molecule has 0 amide bonds. The molecule has 141 heavy (non-hydrogen) atoms. The number of ketones is 1. The predicted octanol–water partition coefficient (Wildman–Crippen LogP) is 23.3. The fraction of sp³-hybridized carbons (Fsp3) is 0.427. The van der Waals surface area contributed by atoms with Gasteiger partial charge in [0.25, 0.3) is 0 Å². The maximum atomic E-state index is 11.9. The molecule has 0 atom stereocenters. The zero-order valence-corrected chi connectivity index (χ0v) is 91.7. The van der Waals surface area contributed by atoms with Crippen LogP contribution in [0.3, 0.4) is 0 Å². The van der Waals surface area contributed by atoms with Crippen molar-refractivity contribution in [3.05, 3.63) is 407 Å². The number of nitrogens with zero attached hydrogens (tertiary/aromatic N) is 8. The molecule has 23 rings (SSSR count). The molecule has 4 spiro atoms. The monoisotopic (exact) mass is 2140 g/mol. The Balaban J connectivity index is 0.000000153. The first kappa shape index (κ1) is 112. The molecule has 12 nitrogen and oxygen atoms in total. The number of aliphatic hydroxyl groups is 2. The standard InChI is InChI=1S/C33H36N2O.C22H17IN2.C22H17N2.C15H23NO.C15H23N.C11H18O.C4H8O.C2H5.2BrH.2Mg/c36-32(23-21-31(22-24-32)19-11-4-12-20-31)30-25-35(26-34-30)33(27-13-5-1-6-14-27,28-15-7-2-8-16-28)29-17-9-3-10-18-29;23-21-16-25(17-24-21)22(18-10-4-1-5-11-18,19-12-6-2-7-13-19)20-14-8-3-9-15-20;1-4-10-19(11-5-1)22(24-17-16-23-18-24,20-12-6-2-7-13-20)21-14-8-3-9-15-21;17-15(13-5-4-12-16-13)10-8-14(9-11-15)6-2-1-3-7-14;1-2-8-15(9-3-1)10-6-13(7-11-15)14-5-4-12-16-14;12-10-4-8-11(9-5-10)6-2-1-3-7-11;1-2-4-5-3-1;1-2;;;;/h1-3,5-10,13-18,25-26,36H,4,11-12,19-24H2;1-17H;1-15,17-18H;5,12,17H,1-4,6-11H2;5,12-13H,1-4,6-11H2;1-9H2;1-4H2;1H2,2H3;2*1H;;/q;;-1;;;;;-1;;;2*+2/p-2. The molecule has 0 unspecified atom stereocenters. The summed E-state index contributed by atoms with van der Waals surface area (Å²) in [6.45, 7) is 7.00. The number of ether oxygens (including phenoxy) is 1. The van der Waals surface area contributed by atoms with Gasteiger partial charge >= 0.3 is 46.1 Å². The Kier molecular flexibility index (Phi) is 43.3. The minimum Gasteiger partial charge on any atom is -1.00 e. The van der Waals surface area contributed by atoms with Crippen LogP contribution >= 0.6 is 22.6 Å². The van der Waals surface area contributed by atoms with E-state index in [4.69, 9.17) is 9.72 Å². The number of carbonyl (C=O) groups is 1. The van der Waals surface area contributed by atoms with Gasteiger partial charge in [0, 0.05) is 75.3 Å². The number of hydrogen-bond donors (Lipinski definition) is 2. The van der Waals surface area contributed by atoms with Crippen LogP contribution in [0.2, 0.25) is 0 Å². The van der Waals surface area contributed by atoms with E-state index in [1.165, 1.54) is 248 Å². The van der Waals surface area contributed by atoms with Gasteiger partial charge in [0.05, 0.1) is 24.0 Å². The molecular weight excluding hydrogens is 2000 g/mol. The summed E-state index contributed by atoms with van der Waals surface area (Å²) in [5.41, 5.74) is 13.3. The number of allylic oxidation sites excluding steroid dienone is 3. The van der Waals surface area contributed by atoms with E-state index in [1.54, 1.807) is 6.92 Å². The van der Waals surface area contributed by atoms with Crippen LogP contribution in [-0.4, -0.2) is 122 Å². The molecule has 0 bridgehead atoms. The summed E-state index contributed by atoms with van der Waals surface area (Å²) in [6, 6.07) is 95.5. The van der Waals surface area contributed by atoms with Crippen molar-refractivity contribution in [2.75, 3.05) is 13.2 Å². The second-order valence-electron chi connectivity index (χ2n) is 40.9. The topological polar surface area (TPSA) is 145 Å². The van der Waals surface area contributed by atoms with Crippen molar-refractivity contribution < 1.29 is 53.7 Å². The fourth-order valence-corrected chi connectivity index (χ4v) is 25.6. The van der Waals surface area contributed by atoms with E-state index in [1.807, 2.05) is 49.6 Å². The van der Waals surface area contributed by atoms with Gasteiger partial charge in [0.2, 0.25) is 0 Å². The summed E-state index contributed by atoms with van der Waals surface area (Å²) in [4.78, 5) is 33.6. The van der Waals surface area contributed by atoms with Crippen molar-refractivity contribution in [3.8, 4) is 0 Å². The van der Waals surface area contributed by atoms with Crippen molar-refractivity contribution in [3.63, 3.8) is 0 Å². The fourth-order valence-electron chi connectivity index (χ4n) is 25.1. The minimum absolute atomic E-state index is 0. The zero-order chi connectivity index (χ0) is 94.4. The zero-order valence-electron chi connectivity index (χ0n) is 83.6. The molecule has 8 saturated carbocycles. The van der Waals surface area contributed by atoms with Gasteiger partial charge in [-0.25, -0.2) is 9.97 Å². The molecule has 9 fully saturated rings. The van der Waals surface area contributed by atoms with Gasteiger partial charge in [-0.1, -0.05) is 375 Å². The van der Waals surface area contributed by atoms with Gasteiger partial charge < -0.3 is 74.5 Å². The van der Waals surface area contributed by atoms with Crippen molar-refractivity contribution in [1.29, 1.82) is 0 Å². The number of hydrogen-bond acceptors (Lipinski definition) is 9. The molecule has 0 radical (unpaired) electrons. The summed E-state index contributed by atoms with van der Waals surface area (Å²) in [5.74, 6) is 1.30. The Hall–Kier alpha value is -7.80. The van der Waals surface area contributed by atoms with E-state index in [2.05, 4.69) is 355 Å². The number of imidazole rings is 3. The van der Waals surface area contributed by atoms with E-state index in [-0.39, 0.29) is 80.1 Å². The van der Waals surface area contributed by atoms with E-state index < -0.39 is 27.8 Å². The third kappa shape index (κ3) is 27.0. The Morgan fingerprint density at radius 1 is 0.355 bits per heavy atom. The summed E-state index contributed by atoms with van der Waals surface area (Å²) in [5, 5.41) is 22.6. The van der Waals surface area contributed by atoms with Crippen LogP contribution in [0.4, 0.5) is 0 Å². The Labute approximate surface area is 909 Å². The largest absolute Gasteiger partial charge is 2.00 e. The molecule has 9 aromatic carbocycles. The first-order chi connectivity index (χ1) is 67.3. The summed E-state index contributed by atoms with van der Waals surface area (Å²) < 4.78 is 12.5. The second-order valence-corrected chi connectivity index (χ2v) is 42.0. The third-order valence-electron chi connectivity index (χ3n) is 32.8. The average molecular weight is 2150 g/mol. The maximum Gasteiger partial charge on any atom is 2.00 e. The quantitative estimate of drug-likeness (QED) is 0.0450. The van der Waals surface area contributed by atoms with Crippen molar-refractivity contribution >= 4 is 86.9 Å². The van der Waals surface area contributed by atoms with E-state index >= 15 is 0 Å². The minimum atomic E-state index is -0.857. The molecule has 1 saturated heterocycles. The van der Waals surface area contributed by atoms with Gasteiger partial charge in [0.15, 0.2) is 0 Å². The van der Waals surface area contributed by atoms with Crippen LogP contribution < -0.4 is 34.0 Å². The molecule has 3 aromatic heterocycles. The van der Waals surface area contributed by atoms with Crippen LogP contribution in [0.25, 0.3) is 0 Å². The Bertz CT molecular complexity index is 5400. The molecule has 12 aromatic rings. The number of benzene rings is 9. The van der Waals surface area contributed by atoms with E-state index in [9.17, 15) is 15.0 Å². The van der Waals surface area contributed by atoms with Gasteiger partial charge in [-0.15, -0.1) is 6.20 Å². The molecule has 732 valence electrons. The number of aromatic nitrogens is 6. The van der Waals surface area contributed by atoms with Crippen LogP contribution in [0.1, 0.15) is 320 Å². The second kappa shape index (κ2) is 54.6. The van der Waals surface area contributed by atoms with Crippen molar-refractivity contribution in [2.24, 2.45) is 37.6 Å². The van der Waals surface area contributed by atoms with Crippen molar-refractivity contribution in [1.82, 2.24) is 28.7 Å². The normalized spacial score (nSPS) is 20.6. The molecule has 17 heteroatoms. The van der Waals surface area contributed by atoms with Gasteiger partial charge in [-0.05, 0) is 248 Å². The molecule has 8 aliphatic carbocycles. The number of carbonyl (C=O) groups excluding carboxylic acids is 1. The summed E-state index contributed by atoms with van der Waals surface area (Å²) in [6.07, 6.45) is 74.0. The van der Waals surface area contributed by atoms with Crippen LogP contribution in [0.15, 0.2) is 344 Å². The third-order valence-corrected chi connectivity index (χ3v) is 33.4. The first-order valence-corrected chi connectivity index (χ1v) is 53.2. The molecular formula is C124H147Br2IMg2N8O4. The number of rotatable bonds is 15. The number of halogens is 3. The molecule has 6 heterocycles. The predicted molar refractivity (Wildman–Crippen MR) is 580 cm³/mol. The number of Topliss-reactive ketones (excluding diaryl/α,β-unsaturated/α-hetero) is 1. The Morgan fingerprint density at radius 2 is 0.660 bits per heavy atom.